The van der Waals surface area contributed by atoms with E-state index < -0.39 is 37.6 Å². The van der Waals surface area contributed by atoms with E-state index in [0.29, 0.717) is 5.56 Å². The van der Waals surface area contributed by atoms with Gasteiger partial charge in [-0.05, 0) is 29.2 Å². The third kappa shape index (κ3) is 5.44. The van der Waals surface area contributed by atoms with Crippen molar-refractivity contribution in [2.75, 3.05) is 24.7 Å². The summed E-state index contributed by atoms with van der Waals surface area (Å²) in [7, 11) is -2.57. The van der Waals surface area contributed by atoms with Crippen LogP contribution in [-0.2, 0) is 15.8 Å². The Balaban J connectivity index is 1.22. The zero-order valence-electron chi connectivity index (χ0n) is 18.8. The fourth-order valence-electron chi connectivity index (χ4n) is 3.89. The van der Waals surface area contributed by atoms with E-state index >= 15 is 0 Å². The van der Waals surface area contributed by atoms with Crippen molar-refractivity contribution in [3.05, 3.63) is 58.7 Å². The van der Waals surface area contributed by atoms with Crippen molar-refractivity contribution in [2.24, 2.45) is 0 Å². The summed E-state index contributed by atoms with van der Waals surface area (Å²) in [5.41, 5.74) is 0.990. The van der Waals surface area contributed by atoms with Gasteiger partial charge in [-0.2, -0.15) is 0 Å². The van der Waals surface area contributed by atoms with Crippen molar-refractivity contribution >= 4 is 26.2 Å². The molecule has 2 aliphatic heterocycles. The van der Waals surface area contributed by atoms with Crippen LogP contribution in [-0.4, -0.2) is 67.3 Å². The van der Waals surface area contributed by atoms with E-state index in [4.69, 9.17) is 24.0 Å². The molecule has 2 aliphatic rings. The highest BCUT2D eigenvalue weighted by atomic mass is 31.2. The van der Waals surface area contributed by atoms with Gasteiger partial charge in [-0.25, -0.2) is 14.2 Å². The molecule has 1 amide bonds. The third-order valence-corrected chi connectivity index (χ3v) is 5.94. The molecule has 16 heteroatoms. The molecule has 0 spiro atoms. The number of ether oxygens (including phenoxy) is 3. The summed E-state index contributed by atoms with van der Waals surface area (Å²) in [6.45, 7) is 0.273. The lowest BCUT2D eigenvalue weighted by Gasteiger charge is -2.22. The van der Waals surface area contributed by atoms with E-state index in [1.807, 2.05) is 0 Å². The van der Waals surface area contributed by atoms with Crippen molar-refractivity contribution in [1.29, 1.82) is 0 Å². The molecule has 2 aromatic heterocycles. The van der Waals surface area contributed by atoms with Crippen LogP contribution >= 0.6 is 8.60 Å². The third-order valence-electron chi connectivity index (χ3n) is 5.56. The van der Waals surface area contributed by atoms with Crippen LogP contribution in [0.15, 0.2) is 42.7 Å². The molecular formula is C21H19FN5O9P. The number of imidazole rings is 1. The maximum Gasteiger partial charge on any atom is 0.414 e. The van der Waals surface area contributed by atoms with Crippen LogP contribution in [0.1, 0.15) is 0 Å². The number of hydrogen-bond donors (Lipinski definition) is 2. The molecule has 0 bridgehead atoms. The summed E-state index contributed by atoms with van der Waals surface area (Å²) in [6.07, 6.45) is 0.815. The second-order valence-electron chi connectivity index (χ2n) is 8.06. The Kier molecular flexibility index (Phi) is 6.84. The molecule has 3 aromatic rings. The fourth-order valence-corrected chi connectivity index (χ4v) is 4.19. The molecule has 4 heterocycles. The van der Waals surface area contributed by atoms with Crippen LogP contribution in [0.25, 0.3) is 11.1 Å². The SMILES string of the molecule is O=C1OC(COP(O)O)CN1c1ccc(-c2ccc(OC3COc4nc([N+](=O)[O-])cn4C3)nc2)c(F)c1. The van der Waals surface area contributed by atoms with E-state index in [1.165, 1.54) is 34.0 Å². The predicted octanol–water partition coefficient (Wildman–Crippen LogP) is 2.39. The average molecular weight is 535 g/mol. The quantitative estimate of drug-likeness (QED) is 0.246. The van der Waals surface area contributed by atoms with E-state index in [2.05, 4.69) is 14.5 Å². The van der Waals surface area contributed by atoms with Crippen LogP contribution in [0.3, 0.4) is 0 Å². The molecular weight excluding hydrogens is 516 g/mol. The van der Waals surface area contributed by atoms with Gasteiger partial charge in [-0.1, -0.05) is 0 Å². The van der Waals surface area contributed by atoms with Crippen molar-refractivity contribution in [2.45, 2.75) is 18.8 Å². The summed E-state index contributed by atoms with van der Waals surface area (Å²) in [6, 6.07) is 7.58. The van der Waals surface area contributed by atoms with Crippen LogP contribution in [0.2, 0.25) is 0 Å². The summed E-state index contributed by atoms with van der Waals surface area (Å²) >= 11 is 0. The Morgan fingerprint density at radius 3 is 2.81 bits per heavy atom. The van der Waals surface area contributed by atoms with E-state index in [9.17, 15) is 19.3 Å². The van der Waals surface area contributed by atoms with Gasteiger partial charge in [0.05, 0.1) is 25.4 Å². The second-order valence-corrected chi connectivity index (χ2v) is 8.82. The van der Waals surface area contributed by atoms with Crippen molar-refractivity contribution in [3.8, 4) is 23.0 Å². The first-order valence-corrected chi connectivity index (χ1v) is 12.0. The summed E-state index contributed by atoms with van der Waals surface area (Å²) in [5.74, 6) is -0.650. The minimum Gasteiger partial charge on any atom is -0.469 e. The first-order chi connectivity index (χ1) is 17.8. The molecule has 2 unspecified atom stereocenters. The maximum absolute atomic E-state index is 14.9. The van der Waals surface area contributed by atoms with Gasteiger partial charge in [0.15, 0.2) is 6.10 Å². The van der Waals surface area contributed by atoms with Crippen LogP contribution in [0, 0.1) is 15.9 Å². The highest BCUT2D eigenvalue weighted by Gasteiger charge is 2.33. The summed E-state index contributed by atoms with van der Waals surface area (Å²) in [5, 5.41) is 10.9. The molecule has 0 aliphatic carbocycles. The van der Waals surface area contributed by atoms with Gasteiger partial charge in [-0.15, -0.1) is 0 Å². The van der Waals surface area contributed by atoms with E-state index in [0.717, 1.165) is 0 Å². The van der Waals surface area contributed by atoms with Gasteiger partial charge in [0.2, 0.25) is 5.88 Å². The number of nitrogens with zero attached hydrogens (tertiary/aromatic N) is 5. The predicted molar refractivity (Wildman–Crippen MR) is 123 cm³/mol. The number of fused-ring (bicyclic) bond motifs is 1. The molecule has 1 fully saturated rings. The number of aromatic nitrogens is 3. The van der Waals surface area contributed by atoms with Gasteiger partial charge in [-0.3, -0.25) is 9.47 Å². The van der Waals surface area contributed by atoms with Crippen molar-refractivity contribution in [3.63, 3.8) is 0 Å². The topological polar surface area (TPSA) is 172 Å². The Labute approximate surface area is 208 Å². The lowest BCUT2D eigenvalue weighted by molar-refractivity contribution is -0.389. The average Bonchev–Trinajstić information content (AvgIpc) is 3.46. The lowest BCUT2D eigenvalue weighted by atomic mass is 10.1. The largest absolute Gasteiger partial charge is 0.469 e. The Morgan fingerprint density at radius 2 is 2.11 bits per heavy atom. The monoisotopic (exact) mass is 535 g/mol. The molecule has 1 saturated heterocycles. The van der Waals surface area contributed by atoms with Gasteiger partial charge < -0.3 is 38.6 Å². The molecule has 2 N–H and O–H groups in total. The first-order valence-electron chi connectivity index (χ1n) is 10.8. The number of benzene rings is 1. The van der Waals surface area contributed by atoms with Gasteiger partial charge in [0.1, 0.15) is 24.7 Å². The molecule has 14 nitrogen and oxygen atoms in total. The Morgan fingerprint density at radius 1 is 1.27 bits per heavy atom. The molecule has 5 rings (SSSR count). The number of amides is 1. The number of hydrogen-bond acceptors (Lipinski definition) is 11. The van der Waals surface area contributed by atoms with Crippen molar-refractivity contribution in [1.82, 2.24) is 14.5 Å². The normalized spacial score (nSPS) is 18.9. The standard InChI is InChI=1S/C21H19FN5O9P/c22-17-5-13(26-8-15(36-21(26)28)11-34-37(31)32)2-3-16(17)12-1-4-19(23-6-12)35-14-7-25-9-18(27(29)30)24-20(25)33-10-14/h1-6,9,14-15,31-32H,7-8,10-11H2. The Bertz CT molecular complexity index is 1320. The molecule has 0 saturated carbocycles. The number of cyclic esters (lactones) is 1. The zero-order valence-corrected chi connectivity index (χ0v) is 19.7. The van der Waals surface area contributed by atoms with Crippen LogP contribution in [0.5, 0.6) is 11.9 Å². The number of carbonyl (C=O) groups is 1. The minimum atomic E-state index is -2.57. The fraction of sp³-hybridized carbons (Fsp3) is 0.286. The molecule has 194 valence electrons. The van der Waals surface area contributed by atoms with Crippen molar-refractivity contribution < 1.29 is 42.6 Å². The molecule has 1 aromatic carbocycles. The highest BCUT2D eigenvalue weighted by molar-refractivity contribution is 7.39. The first kappa shape index (κ1) is 24.8. The number of pyridine rings is 1. The summed E-state index contributed by atoms with van der Waals surface area (Å²) < 4.78 is 37.4. The minimum absolute atomic E-state index is 0.0627. The number of nitro groups is 1. The number of rotatable bonds is 8. The molecule has 37 heavy (non-hydrogen) atoms. The summed E-state index contributed by atoms with van der Waals surface area (Å²) in [4.78, 5) is 49.3. The van der Waals surface area contributed by atoms with Gasteiger partial charge in [0.25, 0.3) is 0 Å². The molecule has 2 atom stereocenters. The second kappa shape index (κ2) is 10.2. The number of halogens is 1. The van der Waals surface area contributed by atoms with Gasteiger partial charge >= 0.3 is 26.5 Å². The Hall–Kier alpha value is -3.91. The molecule has 0 radical (unpaired) electrons. The maximum atomic E-state index is 14.9. The van der Waals surface area contributed by atoms with E-state index in [-0.39, 0.29) is 55.3 Å². The number of anilines is 1. The van der Waals surface area contributed by atoms with Gasteiger partial charge in [0, 0.05) is 28.4 Å². The van der Waals surface area contributed by atoms with Crippen LogP contribution in [0.4, 0.5) is 20.7 Å². The smallest absolute Gasteiger partial charge is 0.414 e. The van der Waals surface area contributed by atoms with E-state index in [1.54, 1.807) is 18.2 Å². The lowest BCUT2D eigenvalue weighted by Crippen LogP contribution is -2.34. The number of carbonyl (C=O) groups excluding carboxylic acids is 1. The zero-order chi connectivity index (χ0) is 26.1. The van der Waals surface area contributed by atoms with Crippen LogP contribution < -0.4 is 14.4 Å². The highest BCUT2D eigenvalue weighted by Crippen LogP contribution is 2.31.